The molecule has 26 heavy (non-hydrogen) atoms. The molecule has 0 aliphatic carbocycles. The first-order valence-electron chi connectivity index (χ1n) is 7.91. The zero-order valence-electron chi connectivity index (χ0n) is 13.9. The van der Waals surface area contributed by atoms with Gasteiger partial charge in [0.2, 0.25) is 5.91 Å². The normalized spacial score (nSPS) is 12.0. The van der Waals surface area contributed by atoms with Gasteiger partial charge in [-0.1, -0.05) is 47.5 Å². The van der Waals surface area contributed by atoms with E-state index in [2.05, 4.69) is 10.3 Å². The number of carbonyl (C=O) groups excluding carboxylic acids is 1. The Labute approximate surface area is 160 Å². The van der Waals surface area contributed by atoms with Crippen LogP contribution in [-0.2, 0) is 18.3 Å². The van der Waals surface area contributed by atoms with Crippen molar-refractivity contribution < 1.29 is 9.18 Å². The van der Waals surface area contributed by atoms with Crippen molar-refractivity contribution in [3.63, 3.8) is 0 Å². The minimum absolute atomic E-state index is 0.0200. The van der Waals surface area contributed by atoms with E-state index >= 15 is 0 Å². The van der Waals surface area contributed by atoms with Gasteiger partial charge in [-0.25, -0.2) is 9.37 Å². The van der Waals surface area contributed by atoms with Crippen LogP contribution in [0.15, 0.2) is 54.9 Å². The van der Waals surface area contributed by atoms with E-state index in [9.17, 15) is 9.18 Å². The molecule has 0 spiro atoms. The molecular weight excluding hydrogens is 376 g/mol. The summed E-state index contributed by atoms with van der Waals surface area (Å²) in [4.78, 5) is 16.9. The number of imidazole rings is 1. The van der Waals surface area contributed by atoms with Crippen LogP contribution in [0.1, 0.15) is 23.0 Å². The molecule has 4 nitrogen and oxygen atoms in total. The second kappa shape index (κ2) is 7.89. The van der Waals surface area contributed by atoms with Crippen molar-refractivity contribution in [1.82, 2.24) is 14.9 Å². The predicted octanol–water partition coefficient (Wildman–Crippen LogP) is 4.31. The third kappa shape index (κ3) is 3.89. The maximum Gasteiger partial charge on any atom is 0.225 e. The molecule has 0 radical (unpaired) electrons. The van der Waals surface area contributed by atoms with Gasteiger partial charge >= 0.3 is 0 Å². The molecule has 3 aromatic rings. The fourth-order valence-corrected chi connectivity index (χ4v) is 3.25. The molecule has 0 aliphatic rings. The molecule has 1 N–H and O–H groups in total. The number of nitrogens with zero attached hydrogens (tertiary/aromatic N) is 2. The van der Waals surface area contributed by atoms with Crippen LogP contribution in [0, 0.1) is 5.82 Å². The molecule has 0 saturated carbocycles. The monoisotopic (exact) mass is 391 g/mol. The number of halogens is 3. The van der Waals surface area contributed by atoms with Gasteiger partial charge in [-0.2, -0.15) is 0 Å². The Bertz CT molecular complexity index is 922. The second-order valence-electron chi connectivity index (χ2n) is 5.80. The summed E-state index contributed by atoms with van der Waals surface area (Å²) in [5.41, 5.74) is 0.862. The molecule has 2 aromatic carbocycles. The van der Waals surface area contributed by atoms with Crippen LogP contribution >= 0.6 is 23.2 Å². The Hall–Kier alpha value is -2.37. The highest BCUT2D eigenvalue weighted by Gasteiger charge is 2.24. The number of carbonyl (C=O) groups is 1. The molecule has 1 unspecified atom stereocenters. The first-order valence-corrected chi connectivity index (χ1v) is 8.67. The number of hydrogen-bond acceptors (Lipinski definition) is 2. The predicted molar refractivity (Wildman–Crippen MR) is 99.8 cm³/mol. The molecule has 0 saturated heterocycles. The third-order valence-electron chi connectivity index (χ3n) is 4.04. The molecule has 7 heteroatoms. The van der Waals surface area contributed by atoms with E-state index in [1.807, 2.05) is 0 Å². The lowest BCUT2D eigenvalue weighted by Crippen LogP contribution is -2.32. The van der Waals surface area contributed by atoms with Crippen LogP contribution in [0.2, 0.25) is 10.0 Å². The summed E-state index contributed by atoms with van der Waals surface area (Å²) in [5.74, 6) is -0.235. The molecule has 0 fully saturated rings. The molecule has 0 aliphatic heterocycles. The Morgan fingerprint density at radius 1 is 1.19 bits per heavy atom. The highest BCUT2D eigenvalue weighted by molar-refractivity contribution is 6.36. The molecule has 134 valence electrons. The Morgan fingerprint density at radius 2 is 1.88 bits per heavy atom. The summed E-state index contributed by atoms with van der Waals surface area (Å²) < 4.78 is 16.1. The van der Waals surface area contributed by atoms with Crippen molar-refractivity contribution in [3.05, 3.63) is 87.7 Å². The van der Waals surface area contributed by atoms with Gasteiger partial charge in [0.1, 0.15) is 17.7 Å². The van der Waals surface area contributed by atoms with E-state index in [1.165, 1.54) is 6.07 Å². The van der Waals surface area contributed by atoms with Crippen molar-refractivity contribution in [2.45, 2.75) is 12.5 Å². The summed E-state index contributed by atoms with van der Waals surface area (Å²) in [7, 11) is 1.78. The van der Waals surface area contributed by atoms with Gasteiger partial charge in [0.05, 0.1) is 6.42 Å². The first-order chi connectivity index (χ1) is 12.5. The van der Waals surface area contributed by atoms with Crippen LogP contribution in [0.3, 0.4) is 0 Å². The molecular formula is C19H16Cl2FN3O. The second-order valence-corrected chi connectivity index (χ2v) is 6.61. The zero-order valence-corrected chi connectivity index (χ0v) is 15.4. The number of nitrogens with one attached hydrogen (secondary N) is 1. The average Bonchev–Trinajstić information content (AvgIpc) is 3.03. The van der Waals surface area contributed by atoms with Crippen molar-refractivity contribution in [3.8, 4) is 0 Å². The van der Waals surface area contributed by atoms with Gasteiger partial charge in [-0.15, -0.1) is 0 Å². The van der Waals surface area contributed by atoms with Crippen LogP contribution in [0.4, 0.5) is 4.39 Å². The number of amides is 1. The smallest absolute Gasteiger partial charge is 0.225 e. The zero-order chi connectivity index (χ0) is 18.7. The van der Waals surface area contributed by atoms with E-state index in [1.54, 1.807) is 60.4 Å². The molecule has 1 amide bonds. The number of aryl methyl sites for hydroxylation is 1. The largest absolute Gasteiger partial charge is 0.342 e. The molecule has 0 bridgehead atoms. The Balaban J connectivity index is 1.90. The van der Waals surface area contributed by atoms with E-state index in [4.69, 9.17) is 23.2 Å². The highest BCUT2D eigenvalue weighted by Crippen LogP contribution is 2.26. The maximum atomic E-state index is 14.3. The van der Waals surface area contributed by atoms with Crippen LogP contribution in [0.25, 0.3) is 0 Å². The van der Waals surface area contributed by atoms with Crippen molar-refractivity contribution in [1.29, 1.82) is 0 Å². The number of aromatic nitrogens is 2. The van der Waals surface area contributed by atoms with E-state index in [0.29, 0.717) is 27.0 Å². The third-order valence-corrected chi connectivity index (χ3v) is 4.75. The van der Waals surface area contributed by atoms with Gasteiger partial charge in [0, 0.05) is 35.1 Å². The van der Waals surface area contributed by atoms with Crippen LogP contribution in [0.5, 0.6) is 0 Å². The minimum Gasteiger partial charge on any atom is -0.342 e. The quantitative estimate of drug-likeness (QED) is 0.703. The average molecular weight is 392 g/mol. The Kier molecular flexibility index (Phi) is 5.59. The summed E-state index contributed by atoms with van der Waals surface area (Å²) in [6.45, 7) is 0. The standard InChI is InChI=1S/C19H16Cl2FN3O/c1-25-10-9-23-19(25)18(12-5-2-3-8-16(12)22)24-17(26)11-13-14(20)6-4-7-15(13)21/h2-10,18H,11H2,1H3,(H,24,26). The fraction of sp³-hybridized carbons (Fsp3) is 0.158. The van der Waals surface area contributed by atoms with Crippen molar-refractivity contribution in [2.75, 3.05) is 0 Å². The fourth-order valence-electron chi connectivity index (χ4n) is 2.72. The van der Waals surface area contributed by atoms with Gasteiger partial charge < -0.3 is 9.88 Å². The lowest BCUT2D eigenvalue weighted by molar-refractivity contribution is -0.121. The number of hydrogen-bond donors (Lipinski definition) is 1. The van der Waals surface area contributed by atoms with Gasteiger partial charge in [0.25, 0.3) is 0 Å². The molecule has 1 heterocycles. The summed E-state index contributed by atoms with van der Waals surface area (Å²) in [5, 5.41) is 3.66. The van der Waals surface area contributed by atoms with Crippen molar-refractivity contribution in [2.24, 2.45) is 7.05 Å². The molecule has 1 atom stereocenters. The SMILES string of the molecule is Cn1ccnc1C(NC(=O)Cc1c(Cl)cccc1Cl)c1ccccc1F. The molecule has 3 rings (SSSR count). The van der Waals surface area contributed by atoms with E-state index in [0.717, 1.165) is 0 Å². The van der Waals surface area contributed by atoms with Crippen LogP contribution in [-0.4, -0.2) is 15.5 Å². The first kappa shape index (κ1) is 18.4. The number of benzene rings is 2. The van der Waals surface area contributed by atoms with E-state index < -0.39 is 11.9 Å². The van der Waals surface area contributed by atoms with Gasteiger partial charge in [-0.3, -0.25) is 4.79 Å². The Morgan fingerprint density at radius 3 is 2.50 bits per heavy atom. The minimum atomic E-state index is -0.732. The summed E-state index contributed by atoms with van der Waals surface area (Å²) in [6, 6.07) is 10.6. The van der Waals surface area contributed by atoms with Crippen molar-refractivity contribution >= 4 is 29.1 Å². The number of rotatable bonds is 5. The van der Waals surface area contributed by atoms with E-state index in [-0.39, 0.29) is 12.3 Å². The topological polar surface area (TPSA) is 46.9 Å². The molecule has 1 aromatic heterocycles. The highest BCUT2D eigenvalue weighted by atomic mass is 35.5. The summed E-state index contributed by atoms with van der Waals surface area (Å²) >= 11 is 12.3. The van der Waals surface area contributed by atoms with Crippen LogP contribution < -0.4 is 5.32 Å². The summed E-state index contributed by atoms with van der Waals surface area (Å²) in [6.07, 6.45) is 3.31. The van der Waals surface area contributed by atoms with Gasteiger partial charge in [0.15, 0.2) is 0 Å². The lowest BCUT2D eigenvalue weighted by atomic mass is 10.0. The van der Waals surface area contributed by atoms with Gasteiger partial charge in [-0.05, 0) is 23.8 Å². The maximum absolute atomic E-state index is 14.3. The lowest BCUT2D eigenvalue weighted by Gasteiger charge is -2.20.